The Labute approximate surface area is 107 Å². The lowest BCUT2D eigenvalue weighted by Gasteiger charge is -2.06. The van der Waals surface area contributed by atoms with Crippen LogP contribution in [-0.2, 0) is 0 Å². The van der Waals surface area contributed by atoms with Crippen LogP contribution in [0.2, 0.25) is 0 Å². The van der Waals surface area contributed by atoms with Crippen LogP contribution in [0.5, 0.6) is 11.8 Å². The number of ether oxygens (including phenoxy) is 2. The fourth-order valence-electron chi connectivity index (χ4n) is 1.24. The van der Waals surface area contributed by atoms with Crippen LogP contribution in [0.15, 0.2) is 10.8 Å². The van der Waals surface area contributed by atoms with E-state index < -0.39 is 5.82 Å². The number of aryl methyl sites for hydroxylation is 1. The van der Waals surface area contributed by atoms with Crippen LogP contribution >= 0.6 is 0 Å². The smallest absolute Gasteiger partial charge is 0.278 e. The fraction of sp³-hybridized carbons (Fsp3) is 0.400. The van der Waals surface area contributed by atoms with E-state index in [1.165, 1.54) is 7.11 Å². The zero-order chi connectivity index (χ0) is 13.7. The van der Waals surface area contributed by atoms with Gasteiger partial charge in [-0.15, -0.1) is 0 Å². The van der Waals surface area contributed by atoms with Crippen molar-refractivity contribution in [1.82, 2.24) is 20.3 Å². The van der Waals surface area contributed by atoms with E-state index in [2.05, 4.69) is 30.2 Å². The number of anilines is 1. The summed E-state index contributed by atoms with van der Waals surface area (Å²) < 4.78 is 27.6. The van der Waals surface area contributed by atoms with Crippen molar-refractivity contribution in [3.8, 4) is 11.8 Å². The van der Waals surface area contributed by atoms with E-state index in [1.807, 2.05) is 0 Å². The average molecular weight is 269 g/mol. The first-order valence-corrected chi connectivity index (χ1v) is 5.43. The minimum Gasteiger partial charge on any atom is -0.479 e. The maximum atomic E-state index is 13.1. The van der Waals surface area contributed by atoms with Gasteiger partial charge in [0, 0.05) is 0 Å². The topological polar surface area (TPSA) is 95.2 Å². The summed E-state index contributed by atoms with van der Waals surface area (Å²) >= 11 is 0. The molecule has 8 nitrogen and oxygen atoms in total. The molecule has 0 bridgehead atoms. The molecule has 2 aromatic rings. The molecule has 2 aromatic heterocycles. The summed E-state index contributed by atoms with van der Waals surface area (Å²) in [5.74, 6) is -0.153. The first kappa shape index (κ1) is 13.0. The molecule has 0 radical (unpaired) electrons. The number of rotatable bonds is 6. The third kappa shape index (κ3) is 3.27. The SMILES string of the molecule is COc1nc(NCCOc2nonc2C)ncc1F. The van der Waals surface area contributed by atoms with Crippen molar-refractivity contribution in [3.05, 3.63) is 17.7 Å². The van der Waals surface area contributed by atoms with Crippen molar-refractivity contribution >= 4 is 5.95 Å². The van der Waals surface area contributed by atoms with Crippen LogP contribution in [0.3, 0.4) is 0 Å². The Morgan fingerprint density at radius 1 is 1.37 bits per heavy atom. The van der Waals surface area contributed by atoms with Gasteiger partial charge in [-0.1, -0.05) is 5.16 Å². The molecule has 0 aliphatic rings. The molecule has 19 heavy (non-hydrogen) atoms. The molecule has 9 heteroatoms. The standard InChI is InChI=1S/C10H12FN5O3/c1-6-8(16-19-15-6)18-4-3-12-10-13-5-7(11)9(14-10)17-2/h5H,3-4H2,1-2H3,(H,12,13,14). The van der Waals surface area contributed by atoms with Gasteiger partial charge >= 0.3 is 0 Å². The fourth-order valence-corrected chi connectivity index (χ4v) is 1.24. The molecule has 2 rings (SSSR count). The van der Waals surface area contributed by atoms with E-state index in [-0.39, 0.29) is 11.8 Å². The van der Waals surface area contributed by atoms with Crippen LogP contribution in [0.25, 0.3) is 0 Å². The second kappa shape index (κ2) is 5.94. The highest BCUT2D eigenvalue weighted by atomic mass is 19.1. The Morgan fingerprint density at radius 3 is 2.89 bits per heavy atom. The quantitative estimate of drug-likeness (QED) is 0.769. The zero-order valence-corrected chi connectivity index (χ0v) is 10.4. The van der Waals surface area contributed by atoms with E-state index in [1.54, 1.807) is 6.92 Å². The van der Waals surface area contributed by atoms with Crippen LogP contribution in [-0.4, -0.2) is 40.5 Å². The lowest BCUT2D eigenvalue weighted by molar-refractivity contribution is 0.261. The molecule has 0 aliphatic heterocycles. The normalized spacial score (nSPS) is 10.3. The van der Waals surface area contributed by atoms with Gasteiger partial charge in [-0.05, 0) is 12.1 Å². The first-order chi connectivity index (χ1) is 9.20. The number of nitrogens with zero attached hydrogens (tertiary/aromatic N) is 4. The van der Waals surface area contributed by atoms with Crippen LogP contribution in [0.1, 0.15) is 5.69 Å². The van der Waals surface area contributed by atoms with Gasteiger partial charge in [0.25, 0.3) is 11.8 Å². The van der Waals surface area contributed by atoms with E-state index in [0.717, 1.165) is 6.20 Å². The molecule has 0 aliphatic carbocycles. The Morgan fingerprint density at radius 2 is 2.21 bits per heavy atom. The molecule has 2 heterocycles. The van der Waals surface area contributed by atoms with Gasteiger partial charge in [0.2, 0.25) is 11.8 Å². The van der Waals surface area contributed by atoms with Gasteiger partial charge in [0.1, 0.15) is 12.3 Å². The van der Waals surface area contributed by atoms with Gasteiger partial charge in [0.05, 0.1) is 19.9 Å². The largest absolute Gasteiger partial charge is 0.479 e. The Hall–Kier alpha value is -2.45. The van der Waals surface area contributed by atoms with Crippen molar-refractivity contribution in [2.45, 2.75) is 6.92 Å². The summed E-state index contributed by atoms with van der Waals surface area (Å²) in [6.45, 7) is 2.42. The number of nitrogens with one attached hydrogen (secondary N) is 1. The molecule has 0 fully saturated rings. The third-order valence-corrected chi connectivity index (χ3v) is 2.14. The van der Waals surface area contributed by atoms with Gasteiger partial charge in [-0.25, -0.2) is 9.61 Å². The zero-order valence-electron chi connectivity index (χ0n) is 10.4. The predicted octanol–water partition coefficient (Wildman–Crippen LogP) is 0.807. The van der Waals surface area contributed by atoms with E-state index in [0.29, 0.717) is 24.7 Å². The van der Waals surface area contributed by atoms with Gasteiger partial charge < -0.3 is 14.8 Å². The number of aromatic nitrogens is 4. The summed E-state index contributed by atoms with van der Waals surface area (Å²) in [5.41, 5.74) is 0.569. The molecule has 0 unspecified atom stereocenters. The molecule has 102 valence electrons. The summed E-state index contributed by atoms with van der Waals surface area (Å²) in [5, 5.41) is 9.99. The highest BCUT2D eigenvalue weighted by Crippen LogP contribution is 2.13. The van der Waals surface area contributed by atoms with E-state index >= 15 is 0 Å². The van der Waals surface area contributed by atoms with Crippen molar-refractivity contribution < 1.29 is 18.5 Å². The number of hydrogen-bond donors (Lipinski definition) is 1. The maximum absolute atomic E-state index is 13.1. The van der Waals surface area contributed by atoms with Gasteiger partial charge in [-0.2, -0.15) is 9.37 Å². The van der Waals surface area contributed by atoms with Crippen molar-refractivity contribution in [2.24, 2.45) is 0 Å². The van der Waals surface area contributed by atoms with Crippen molar-refractivity contribution in [3.63, 3.8) is 0 Å². The monoisotopic (exact) mass is 269 g/mol. The Bertz CT molecular complexity index is 548. The Balaban J connectivity index is 1.81. The number of hydrogen-bond acceptors (Lipinski definition) is 8. The van der Waals surface area contributed by atoms with Crippen LogP contribution in [0.4, 0.5) is 10.3 Å². The second-order valence-corrected chi connectivity index (χ2v) is 3.48. The summed E-state index contributed by atoms with van der Waals surface area (Å²) in [6.07, 6.45) is 1.03. The maximum Gasteiger partial charge on any atom is 0.278 e. The molecule has 1 N–H and O–H groups in total. The number of methoxy groups -OCH3 is 1. The lowest BCUT2D eigenvalue weighted by atomic mass is 10.5. The second-order valence-electron chi connectivity index (χ2n) is 3.48. The number of halogens is 1. The van der Waals surface area contributed by atoms with Crippen LogP contribution in [0, 0.1) is 12.7 Å². The molecule has 0 saturated carbocycles. The molecule has 0 atom stereocenters. The Kier molecular flexibility index (Phi) is 4.06. The highest BCUT2D eigenvalue weighted by molar-refractivity contribution is 5.28. The summed E-state index contributed by atoms with van der Waals surface area (Å²) in [7, 11) is 1.33. The minimum atomic E-state index is -0.617. The molecular weight excluding hydrogens is 257 g/mol. The summed E-state index contributed by atoms with van der Waals surface area (Å²) in [4.78, 5) is 7.58. The summed E-state index contributed by atoms with van der Waals surface area (Å²) in [6, 6.07) is 0. The molecule has 0 saturated heterocycles. The highest BCUT2D eigenvalue weighted by Gasteiger charge is 2.07. The van der Waals surface area contributed by atoms with Gasteiger partial charge in [0.15, 0.2) is 0 Å². The molecule has 0 aromatic carbocycles. The molecule has 0 amide bonds. The predicted molar refractivity (Wildman–Crippen MR) is 61.6 cm³/mol. The van der Waals surface area contributed by atoms with Crippen molar-refractivity contribution in [2.75, 3.05) is 25.6 Å². The van der Waals surface area contributed by atoms with E-state index in [9.17, 15) is 4.39 Å². The van der Waals surface area contributed by atoms with E-state index in [4.69, 9.17) is 9.47 Å². The average Bonchev–Trinajstić information content (AvgIpc) is 2.82. The van der Waals surface area contributed by atoms with Gasteiger partial charge in [-0.3, -0.25) is 0 Å². The molecule has 0 spiro atoms. The lowest BCUT2D eigenvalue weighted by Crippen LogP contribution is -2.14. The first-order valence-electron chi connectivity index (χ1n) is 5.43. The minimum absolute atomic E-state index is 0.116. The molecular formula is C10H12FN5O3. The third-order valence-electron chi connectivity index (χ3n) is 2.14. The van der Waals surface area contributed by atoms with Crippen LogP contribution < -0.4 is 14.8 Å². The van der Waals surface area contributed by atoms with Crippen molar-refractivity contribution in [1.29, 1.82) is 0 Å².